The summed E-state index contributed by atoms with van der Waals surface area (Å²) in [4.78, 5) is 0. The molecule has 0 amide bonds. The van der Waals surface area contributed by atoms with Gasteiger partial charge in [0.05, 0.1) is 6.10 Å². The van der Waals surface area contributed by atoms with E-state index in [1.165, 1.54) is 32.1 Å². The van der Waals surface area contributed by atoms with Crippen LogP contribution in [0.25, 0.3) is 0 Å². The summed E-state index contributed by atoms with van der Waals surface area (Å²) in [6, 6.07) is 0. The topological polar surface area (TPSA) is 9.23 Å². The summed E-state index contributed by atoms with van der Waals surface area (Å²) in [5.74, 6) is 0.702. The van der Waals surface area contributed by atoms with E-state index >= 15 is 0 Å². The average Bonchev–Trinajstić information content (AvgIpc) is 2.16. The van der Waals surface area contributed by atoms with Crippen molar-refractivity contribution in [2.45, 2.75) is 45.1 Å². The van der Waals surface area contributed by atoms with Crippen molar-refractivity contribution in [1.29, 1.82) is 0 Å². The van der Waals surface area contributed by atoms with Crippen LogP contribution < -0.4 is 0 Å². The van der Waals surface area contributed by atoms with Gasteiger partial charge in [-0.3, -0.25) is 0 Å². The van der Waals surface area contributed by atoms with Gasteiger partial charge in [0.1, 0.15) is 6.67 Å². The van der Waals surface area contributed by atoms with Crippen LogP contribution in [0.15, 0.2) is 0 Å². The Balaban J connectivity index is 2.05. The second-order valence-electron chi connectivity index (χ2n) is 3.80. The lowest BCUT2D eigenvalue weighted by Crippen LogP contribution is -2.19. The predicted octanol–water partition coefficient (Wildman–Crippen LogP) is 2.94. The Kier molecular flexibility index (Phi) is 4.59. The average molecular weight is 174 g/mol. The van der Waals surface area contributed by atoms with Crippen LogP contribution in [0.4, 0.5) is 4.39 Å². The first-order valence-corrected chi connectivity index (χ1v) is 5.00. The maximum Gasteiger partial charge on any atom is 0.115 e. The van der Waals surface area contributed by atoms with Crippen LogP contribution in [0.3, 0.4) is 0 Å². The van der Waals surface area contributed by atoms with Gasteiger partial charge in [0.25, 0.3) is 0 Å². The Morgan fingerprint density at radius 2 is 2.00 bits per heavy atom. The van der Waals surface area contributed by atoms with E-state index < -0.39 is 0 Å². The van der Waals surface area contributed by atoms with E-state index in [2.05, 4.69) is 0 Å². The van der Waals surface area contributed by atoms with E-state index in [-0.39, 0.29) is 12.8 Å². The third-order valence-corrected chi connectivity index (χ3v) is 2.56. The molecule has 1 fully saturated rings. The minimum atomic E-state index is -0.354. The Bertz CT molecular complexity index is 110. The first kappa shape index (κ1) is 9.97. The van der Waals surface area contributed by atoms with E-state index in [0.29, 0.717) is 5.92 Å². The standard InChI is InChI=1S/C10H19FO/c1-9(7-11)12-8-10-5-3-2-4-6-10/h9-10H,2-8H2,1H3. The summed E-state index contributed by atoms with van der Waals surface area (Å²) in [6.45, 7) is 2.21. The van der Waals surface area contributed by atoms with Gasteiger partial charge in [-0.15, -0.1) is 0 Å². The van der Waals surface area contributed by atoms with Crippen LogP contribution >= 0.6 is 0 Å². The third-order valence-electron chi connectivity index (χ3n) is 2.56. The van der Waals surface area contributed by atoms with Gasteiger partial charge < -0.3 is 4.74 Å². The van der Waals surface area contributed by atoms with E-state index in [1.54, 1.807) is 6.92 Å². The molecule has 72 valence electrons. The van der Waals surface area contributed by atoms with Gasteiger partial charge in [0, 0.05) is 6.61 Å². The highest BCUT2D eigenvalue weighted by Gasteiger charge is 2.14. The van der Waals surface area contributed by atoms with Crippen LogP contribution in [-0.4, -0.2) is 19.4 Å². The minimum absolute atomic E-state index is 0.202. The molecule has 0 N–H and O–H groups in total. The van der Waals surface area contributed by atoms with Crippen molar-refractivity contribution >= 4 is 0 Å². The van der Waals surface area contributed by atoms with Crippen LogP contribution in [0.5, 0.6) is 0 Å². The second kappa shape index (κ2) is 5.52. The molecule has 0 heterocycles. The fourth-order valence-electron chi connectivity index (χ4n) is 1.70. The van der Waals surface area contributed by atoms with Crippen LogP contribution in [0.1, 0.15) is 39.0 Å². The molecule has 1 nitrogen and oxygen atoms in total. The van der Waals surface area contributed by atoms with Crippen molar-refractivity contribution in [2.75, 3.05) is 13.3 Å². The number of hydrogen-bond acceptors (Lipinski definition) is 1. The number of halogens is 1. The van der Waals surface area contributed by atoms with Crippen LogP contribution in [-0.2, 0) is 4.74 Å². The van der Waals surface area contributed by atoms with E-state index in [4.69, 9.17) is 4.74 Å². The zero-order valence-corrected chi connectivity index (χ0v) is 7.89. The molecule has 1 atom stereocenters. The molecule has 0 aromatic rings. The molecule has 0 aromatic heterocycles. The summed E-state index contributed by atoms with van der Waals surface area (Å²) in [7, 11) is 0. The Labute approximate surface area is 74.3 Å². The number of ether oxygens (including phenoxy) is 1. The highest BCUT2D eigenvalue weighted by Crippen LogP contribution is 2.23. The monoisotopic (exact) mass is 174 g/mol. The first-order valence-electron chi connectivity index (χ1n) is 5.00. The molecule has 1 aliphatic carbocycles. The summed E-state index contributed by atoms with van der Waals surface area (Å²) < 4.78 is 17.4. The summed E-state index contributed by atoms with van der Waals surface area (Å²) in [5, 5.41) is 0. The number of rotatable bonds is 4. The van der Waals surface area contributed by atoms with Gasteiger partial charge in [-0.1, -0.05) is 19.3 Å². The molecule has 0 aromatic carbocycles. The maximum absolute atomic E-state index is 12.0. The van der Waals surface area contributed by atoms with Crippen LogP contribution in [0, 0.1) is 5.92 Å². The summed E-state index contributed by atoms with van der Waals surface area (Å²) in [5.41, 5.74) is 0. The molecule has 0 radical (unpaired) electrons. The van der Waals surface area contributed by atoms with Crippen molar-refractivity contribution in [1.82, 2.24) is 0 Å². The molecule has 2 heteroatoms. The largest absolute Gasteiger partial charge is 0.376 e. The van der Waals surface area contributed by atoms with Gasteiger partial charge in [-0.05, 0) is 25.7 Å². The van der Waals surface area contributed by atoms with E-state index in [1.807, 2.05) is 0 Å². The van der Waals surface area contributed by atoms with Gasteiger partial charge in [-0.25, -0.2) is 4.39 Å². The lowest BCUT2D eigenvalue weighted by Gasteiger charge is -2.22. The van der Waals surface area contributed by atoms with E-state index in [0.717, 1.165) is 6.61 Å². The number of alkyl halides is 1. The summed E-state index contributed by atoms with van der Waals surface area (Å²) >= 11 is 0. The Hall–Kier alpha value is -0.110. The van der Waals surface area contributed by atoms with Crippen molar-refractivity contribution in [3.05, 3.63) is 0 Å². The van der Waals surface area contributed by atoms with Gasteiger partial charge in [0.15, 0.2) is 0 Å². The first-order chi connectivity index (χ1) is 5.83. The molecule has 0 saturated heterocycles. The molecular formula is C10H19FO. The smallest absolute Gasteiger partial charge is 0.115 e. The maximum atomic E-state index is 12.0. The molecule has 0 aliphatic heterocycles. The zero-order valence-electron chi connectivity index (χ0n) is 7.89. The van der Waals surface area contributed by atoms with Gasteiger partial charge in [-0.2, -0.15) is 0 Å². The fourth-order valence-corrected chi connectivity index (χ4v) is 1.70. The van der Waals surface area contributed by atoms with Gasteiger partial charge in [0.2, 0.25) is 0 Å². The summed E-state index contributed by atoms with van der Waals surface area (Å²) in [6.07, 6.45) is 6.38. The quantitative estimate of drug-likeness (QED) is 0.636. The molecule has 1 aliphatic rings. The molecule has 1 unspecified atom stereocenters. The predicted molar refractivity (Wildman–Crippen MR) is 48.0 cm³/mol. The lowest BCUT2D eigenvalue weighted by molar-refractivity contribution is 0.0181. The van der Waals surface area contributed by atoms with Crippen molar-refractivity contribution in [3.63, 3.8) is 0 Å². The highest BCUT2D eigenvalue weighted by atomic mass is 19.1. The molecule has 0 spiro atoms. The molecule has 12 heavy (non-hydrogen) atoms. The zero-order chi connectivity index (χ0) is 8.81. The fraction of sp³-hybridized carbons (Fsp3) is 1.00. The Morgan fingerprint density at radius 3 is 2.58 bits per heavy atom. The second-order valence-corrected chi connectivity index (χ2v) is 3.80. The molecule has 1 saturated carbocycles. The molecular weight excluding hydrogens is 155 g/mol. The Morgan fingerprint density at radius 1 is 1.33 bits per heavy atom. The van der Waals surface area contributed by atoms with Gasteiger partial charge >= 0.3 is 0 Å². The van der Waals surface area contributed by atoms with E-state index in [9.17, 15) is 4.39 Å². The highest BCUT2D eigenvalue weighted by molar-refractivity contribution is 4.65. The SMILES string of the molecule is CC(CF)OCC1CCCCC1. The number of hydrogen-bond donors (Lipinski definition) is 0. The van der Waals surface area contributed by atoms with Crippen LogP contribution in [0.2, 0.25) is 0 Å². The van der Waals surface area contributed by atoms with Crippen molar-refractivity contribution in [2.24, 2.45) is 5.92 Å². The lowest BCUT2D eigenvalue weighted by atomic mass is 9.90. The normalized spacial score (nSPS) is 22.5. The molecule has 0 bridgehead atoms. The molecule has 1 rings (SSSR count). The van der Waals surface area contributed by atoms with Crippen molar-refractivity contribution < 1.29 is 9.13 Å². The third kappa shape index (κ3) is 3.53. The van der Waals surface area contributed by atoms with Crippen molar-refractivity contribution in [3.8, 4) is 0 Å². The minimum Gasteiger partial charge on any atom is -0.376 e.